The molecule has 124 valence electrons. The minimum atomic E-state index is 0.00490. The zero-order valence-corrected chi connectivity index (χ0v) is 15.0. The summed E-state index contributed by atoms with van der Waals surface area (Å²) in [6.45, 7) is 2.67. The topological polar surface area (TPSA) is 55.0 Å². The molecule has 1 saturated carbocycles. The van der Waals surface area contributed by atoms with Crippen LogP contribution in [0.3, 0.4) is 0 Å². The van der Waals surface area contributed by atoms with Gasteiger partial charge in [0.1, 0.15) is 17.3 Å². The Bertz CT molecular complexity index is 768. The molecule has 6 heteroatoms. The van der Waals surface area contributed by atoms with Crippen molar-refractivity contribution in [2.24, 2.45) is 5.92 Å². The lowest BCUT2D eigenvalue weighted by atomic mass is 9.88. The zero-order chi connectivity index (χ0) is 15.8. The van der Waals surface area contributed by atoms with Crippen molar-refractivity contribution < 1.29 is 4.74 Å². The van der Waals surface area contributed by atoms with E-state index in [0.717, 1.165) is 35.2 Å². The Labute approximate surface area is 144 Å². The molecule has 2 aliphatic rings. The van der Waals surface area contributed by atoms with Gasteiger partial charge in [-0.25, -0.2) is 4.98 Å². The maximum absolute atomic E-state index is 12.5. The lowest BCUT2D eigenvalue weighted by molar-refractivity contribution is -0.0181. The van der Waals surface area contributed by atoms with E-state index >= 15 is 0 Å². The summed E-state index contributed by atoms with van der Waals surface area (Å²) < 4.78 is 7.33. The van der Waals surface area contributed by atoms with Crippen molar-refractivity contribution in [3.63, 3.8) is 0 Å². The summed E-state index contributed by atoms with van der Waals surface area (Å²) in [6.07, 6.45) is 7.36. The van der Waals surface area contributed by atoms with E-state index in [1.807, 2.05) is 11.8 Å². The molecule has 1 aliphatic carbocycles. The number of H-pyrrole nitrogens is 1. The molecule has 0 radical (unpaired) electrons. The molecule has 2 atom stereocenters. The molecule has 1 aliphatic heterocycles. The Morgan fingerprint density at radius 3 is 3.04 bits per heavy atom. The van der Waals surface area contributed by atoms with Crippen LogP contribution in [0.4, 0.5) is 0 Å². The minimum absolute atomic E-state index is 0.00490. The summed E-state index contributed by atoms with van der Waals surface area (Å²) in [5.74, 6) is 2.42. The molecule has 23 heavy (non-hydrogen) atoms. The fourth-order valence-electron chi connectivity index (χ4n) is 3.63. The van der Waals surface area contributed by atoms with E-state index in [4.69, 9.17) is 4.74 Å². The van der Waals surface area contributed by atoms with Gasteiger partial charge in [-0.1, -0.05) is 19.8 Å². The number of nitrogens with zero attached hydrogens (tertiary/aromatic N) is 1. The lowest BCUT2D eigenvalue weighted by Crippen LogP contribution is -2.26. The normalized spacial score (nSPS) is 24.7. The molecule has 1 fully saturated rings. The fourth-order valence-corrected chi connectivity index (χ4v) is 6.18. The third-order valence-electron chi connectivity index (χ3n) is 4.94. The third-order valence-corrected chi connectivity index (χ3v) is 7.47. The number of hydrogen-bond donors (Lipinski definition) is 1. The number of rotatable bonds is 3. The van der Waals surface area contributed by atoms with Crippen molar-refractivity contribution >= 4 is 33.3 Å². The molecular formula is C17H22N2O2S2. The Morgan fingerprint density at radius 1 is 1.30 bits per heavy atom. The average Bonchev–Trinajstić information content (AvgIpc) is 2.93. The maximum Gasteiger partial charge on any atom is 0.260 e. The molecule has 1 N–H and O–H groups in total. The monoisotopic (exact) mass is 350 g/mol. The van der Waals surface area contributed by atoms with Gasteiger partial charge in [-0.2, -0.15) is 0 Å². The fraction of sp³-hybridized carbons (Fsp3) is 0.647. The van der Waals surface area contributed by atoms with Gasteiger partial charge in [-0.15, -0.1) is 23.1 Å². The van der Waals surface area contributed by atoms with E-state index in [1.54, 1.807) is 11.3 Å². The first-order chi connectivity index (χ1) is 11.2. The van der Waals surface area contributed by atoms with Crippen LogP contribution in [0.5, 0.6) is 0 Å². The molecule has 0 spiro atoms. The highest BCUT2D eigenvalue weighted by Crippen LogP contribution is 2.40. The van der Waals surface area contributed by atoms with Gasteiger partial charge in [-0.05, 0) is 42.9 Å². The number of ether oxygens (including phenoxy) is 1. The highest BCUT2D eigenvalue weighted by Gasteiger charge is 2.23. The summed E-state index contributed by atoms with van der Waals surface area (Å²) in [5.41, 5.74) is 1.22. The second kappa shape index (κ2) is 6.57. The number of aromatic amines is 1. The van der Waals surface area contributed by atoms with Gasteiger partial charge in [0, 0.05) is 0 Å². The molecule has 2 aromatic heterocycles. The predicted molar refractivity (Wildman–Crippen MR) is 95.5 cm³/mol. The largest absolute Gasteiger partial charge is 0.370 e. The van der Waals surface area contributed by atoms with E-state index in [9.17, 15) is 4.79 Å². The van der Waals surface area contributed by atoms with Gasteiger partial charge in [-0.3, -0.25) is 4.79 Å². The summed E-state index contributed by atoms with van der Waals surface area (Å²) in [6, 6.07) is 0. The number of thiophene rings is 1. The minimum Gasteiger partial charge on any atom is -0.370 e. The number of aromatic nitrogens is 2. The molecule has 2 aromatic rings. The first-order valence-electron chi connectivity index (χ1n) is 8.51. The Balaban J connectivity index is 1.57. The van der Waals surface area contributed by atoms with Crippen LogP contribution >= 0.6 is 23.1 Å². The van der Waals surface area contributed by atoms with Crippen molar-refractivity contribution in [1.29, 1.82) is 0 Å². The molecular weight excluding hydrogens is 328 g/mol. The highest BCUT2D eigenvalue weighted by atomic mass is 32.2. The number of thioether (sulfide) groups is 1. The van der Waals surface area contributed by atoms with Gasteiger partial charge >= 0.3 is 0 Å². The third kappa shape index (κ3) is 3.08. The van der Waals surface area contributed by atoms with Gasteiger partial charge in [0.2, 0.25) is 0 Å². The van der Waals surface area contributed by atoms with Crippen LogP contribution < -0.4 is 5.56 Å². The van der Waals surface area contributed by atoms with Crippen molar-refractivity contribution in [2.75, 3.05) is 5.75 Å². The SMILES string of the molecule is CC1CCCCC1OCc1nc2sc3c(c2c(=O)[nH]1)CCCS3. The second-order valence-electron chi connectivity index (χ2n) is 6.62. The first kappa shape index (κ1) is 15.7. The molecule has 0 saturated heterocycles. The van der Waals surface area contributed by atoms with Crippen LogP contribution in [0.1, 0.15) is 50.4 Å². The smallest absolute Gasteiger partial charge is 0.260 e. The van der Waals surface area contributed by atoms with Crippen LogP contribution in [-0.2, 0) is 17.8 Å². The maximum atomic E-state index is 12.5. The number of nitrogens with one attached hydrogen (secondary N) is 1. The molecule has 4 nitrogen and oxygen atoms in total. The van der Waals surface area contributed by atoms with Crippen molar-refractivity contribution in [2.45, 2.75) is 62.4 Å². The van der Waals surface area contributed by atoms with Crippen LogP contribution in [0.2, 0.25) is 0 Å². The summed E-state index contributed by atoms with van der Waals surface area (Å²) in [7, 11) is 0. The van der Waals surface area contributed by atoms with Crippen LogP contribution in [-0.4, -0.2) is 21.8 Å². The van der Waals surface area contributed by atoms with Gasteiger partial charge < -0.3 is 9.72 Å². The van der Waals surface area contributed by atoms with Gasteiger partial charge in [0.05, 0.1) is 15.7 Å². The quantitative estimate of drug-likeness (QED) is 0.905. The van der Waals surface area contributed by atoms with E-state index < -0.39 is 0 Å². The van der Waals surface area contributed by atoms with Gasteiger partial charge in [0.15, 0.2) is 0 Å². The Hall–Kier alpha value is -0.850. The molecule has 0 amide bonds. The lowest BCUT2D eigenvalue weighted by Gasteiger charge is -2.28. The van der Waals surface area contributed by atoms with Crippen LogP contribution in [0, 0.1) is 5.92 Å². The van der Waals surface area contributed by atoms with Gasteiger partial charge in [0.25, 0.3) is 5.56 Å². The average molecular weight is 351 g/mol. The second-order valence-corrected chi connectivity index (χ2v) is 8.99. The van der Waals surface area contributed by atoms with Crippen LogP contribution in [0.25, 0.3) is 10.2 Å². The summed E-state index contributed by atoms with van der Waals surface area (Å²) >= 11 is 3.53. The Morgan fingerprint density at radius 2 is 2.17 bits per heavy atom. The van der Waals surface area contributed by atoms with Crippen LogP contribution in [0.15, 0.2) is 9.00 Å². The molecule has 4 rings (SSSR count). The van der Waals surface area contributed by atoms with Crippen molar-refractivity contribution in [1.82, 2.24) is 9.97 Å². The summed E-state index contributed by atoms with van der Waals surface area (Å²) in [5, 5.41) is 0.812. The number of aryl methyl sites for hydroxylation is 1. The summed E-state index contributed by atoms with van der Waals surface area (Å²) in [4.78, 5) is 21.0. The predicted octanol–water partition coefficient (Wildman–Crippen LogP) is 4.12. The molecule has 2 unspecified atom stereocenters. The first-order valence-corrected chi connectivity index (χ1v) is 10.3. The number of hydrogen-bond acceptors (Lipinski definition) is 5. The zero-order valence-electron chi connectivity index (χ0n) is 13.4. The van der Waals surface area contributed by atoms with Crippen molar-refractivity contribution in [3.8, 4) is 0 Å². The van der Waals surface area contributed by atoms with E-state index in [2.05, 4.69) is 16.9 Å². The van der Waals surface area contributed by atoms with Crippen molar-refractivity contribution in [3.05, 3.63) is 21.7 Å². The standard InChI is InChI=1S/C17H22N2O2S2/c1-10-5-2-3-7-12(10)21-9-13-18-15(20)14-11-6-4-8-22-17(11)23-16(14)19-13/h10,12H,2-9H2,1H3,(H,18,19,20). The van der Waals surface area contributed by atoms with E-state index in [-0.39, 0.29) is 5.56 Å². The number of fused-ring (bicyclic) bond motifs is 3. The highest BCUT2D eigenvalue weighted by molar-refractivity contribution is 8.01. The van der Waals surface area contributed by atoms with E-state index in [0.29, 0.717) is 24.5 Å². The Kier molecular flexibility index (Phi) is 4.48. The molecule has 0 aromatic carbocycles. The molecule has 0 bridgehead atoms. The van der Waals surface area contributed by atoms with E-state index in [1.165, 1.54) is 29.0 Å². The molecule has 3 heterocycles.